The third-order valence-corrected chi connectivity index (χ3v) is 3.22. The second kappa shape index (κ2) is 8.01. The lowest BCUT2D eigenvalue weighted by atomic mass is 10.2. The molecule has 0 unspecified atom stereocenters. The van der Waals surface area contributed by atoms with Crippen LogP contribution in [-0.2, 0) is 13.1 Å². The molecule has 0 saturated heterocycles. The number of rotatable bonds is 4. The topological polar surface area (TPSA) is 64.3 Å². The minimum absolute atomic E-state index is 0.458. The first kappa shape index (κ1) is 15.8. The third kappa shape index (κ3) is 4.76. The van der Waals surface area contributed by atoms with Gasteiger partial charge in [-0.05, 0) is 17.2 Å². The molecule has 0 radical (unpaired) electrons. The molecule has 0 aliphatic carbocycles. The molecule has 112 valence electrons. The molecule has 22 heavy (non-hydrogen) atoms. The molecule has 0 atom stereocenters. The van der Waals surface area contributed by atoms with Gasteiger partial charge in [0.25, 0.3) is 0 Å². The molecule has 1 N–H and O–H groups in total. The molecule has 5 nitrogen and oxygen atoms in total. The van der Waals surface area contributed by atoms with Gasteiger partial charge in [0.2, 0.25) is 5.96 Å². The van der Waals surface area contributed by atoms with Gasteiger partial charge in [-0.2, -0.15) is 5.26 Å². The number of nitrogens with one attached hydrogen (secondary N) is 1. The maximum absolute atomic E-state index is 8.89. The fraction of sp³-hybridized carbons (Fsp3) is 0.188. The van der Waals surface area contributed by atoms with Crippen molar-refractivity contribution in [3.8, 4) is 6.19 Å². The van der Waals surface area contributed by atoms with Gasteiger partial charge in [-0.15, -0.1) is 0 Å². The van der Waals surface area contributed by atoms with E-state index in [9.17, 15) is 0 Å². The van der Waals surface area contributed by atoms with E-state index < -0.39 is 0 Å². The molecule has 2 rings (SSSR count). The fourth-order valence-electron chi connectivity index (χ4n) is 1.90. The minimum Gasteiger partial charge on any atom is -0.341 e. The van der Waals surface area contributed by atoms with Crippen molar-refractivity contribution in [2.24, 2.45) is 4.99 Å². The lowest BCUT2D eigenvalue weighted by molar-refractivity contribution is 0.483. The lowest BCUT2D eigenvalue weighted by Crippen LogP contribution is -2.36. The van der Waals surface area contributed by atoms with Gasteiger partial charge in [0.05, 0.1) is 6.54 Å². The largest absolute Gasteiger partial charge is 0.341 e. The zero-order valence-electron chi connectivity index (χ0n) is 12.2. The molecular weight excluding hydrogens is 298 g/mol. The van der Waals surface area contributed by atoms with Crippen molar-refractivity contribution >= 4 is 17.6 Å². The summed E-state index contributed by atoms with van der Waals surface area (Å²) in [4.78, 5) is 10.4. The predicted molar refractivity (Wildman–Crippen MR) is 87.0 cm³/mol. The van der Waals surface area contributed by atoms with Gasteiger partial charge < -0.3 is 4.90 Å². The Morgan fingerprint density at radius 1 is 1.27 bits per heavy atom. The maximum Gasteiger partial charge on any atom is 0.207 e. The van der Waals surface area contributed by atoms with E-state index in [-0.39, 0.29) is 0 Å². The molecule has 0 amide bonds. The Balaban J connectivity index is 2.06. The van der Waals surface area contributed by atoms with E-state index in [4.69, 9.17) is 16.9 Å². The number of pyridine rings is 1. The van der Waals surface area contributed by atoms with Gasteiger partial charge in [0, 0.05) is 19.8 Å². The van der Waals surface area contributed by atoms with Gasteiger partial charge in [0.15, 0.2) is 6.19 Å². The van der Waals surface area contributed by atoms with Crippen molar-refractivity contribution in [3.63, 3.8) is 0 Å². The van der Waals surface area contributed by atoms with Gasteiger partial charge in [-0.1, -0.05) is 48.0 Å². The Morgan fingerprint density at radius 2 is 2.05 bits per heavy atom. The summed E-state index contributed by atoms with van der Waals surface area (Å²) < 4.78 is 0. The van der Waals surface area contributed by atoms with Crippen molar-refractivity contribution < 1.29 is 0 Å². The number of hydrogen-bond acceptors (Lipinski definition) is 3. The number of aliphatic imine (C=N–C) groups is 1. The van der Waals surface area contributed by atoms with Crippen molar-refractivity contribution in [2.75, 3.05) is 7.05 Å². The van der Waals surface area contributed by atoms with Crippen molar-refractivity contribution in [1.29, 1.82) is 5.26 Å². The first-order chi connectivity index (χ1) is 10.7. The standard InChI is InChI=1S/C16H16ClN5/c1-22(11-14-7-8-15(17)19-10-14)16(21-12-18)20-9-13-5-3-2-4-6-13/h2-8,10H,9,11H2,1H3,(H,20,21). The smallest absolute Gasteiger partial charge is 0.207 e. The van der Waals surface area contributed by atoms with Crippen LogP contribution in [0.3, 0.4) is 0 Å². The van der Waals surface area contributed by atoms with Crippen LogP contribution in [0.4, 0.5) is 0 Å². The number of nitrogens with zero attached hydrogens (tertiary/aromatic N) is 4. The average molecular weight is 314 g/mol. The zero-order chi connectivity index (χ0) is 15.8. The van der Waals surface area contributed by atoms with Crippen LogP contribution >= 0.6 is 11.6 Å². The molecule has 1 heterocycles. The number of hydrogen-bond donors (Lipinski definition) is 1. The van der Waals surface area contributed by atoms with Crippen LogP contribution < -0.4 is 5.32 Å². The van der Waals surface area contributed by atoms with Crippen LogP contribution in [0.2, 0.25) is 5.15 Å². The minimum atomic E-state index is 0.458. The molecule has 0 aliphatic heterocycles. The molecule has 1 aromatic heterocycles. The van der Waals surface area contributed by atoms with Crippen LogP contribution in [0.15, 0.2) is 53.7 Å². The quantitative estimate of drug-likeness (QED) is 0.310. The van der Waals surface area contributed by atoms with E-state index in [2.05, 4.69) is 15.3 Å². The molecule has 0 aliphatic rings. The summed E-state index contributed by atoms with van der Waals surface area (Å²) in [5, 5.41) is 12.0. The molecule has 0 fully saturated rings. The Hall–Kier alpha value is -2.58. The zero-order valence-corrected chi connectivity index (χ0v) is 13.0. The number of halogens is 1. The number of aromatic nitrogens is 1. The number of nitriles is 1. The highest BCUT2D eigenvalue weighted by Crippen LogP contribution is 2.08. The van der Waals surface area contributed by atoms with Crippen LogP contribution in [0.1, 0.15) is 11.1 Å². The Labute approximate surface area is 134 Å². The van der Waals surface area contributed by atoms with E-state index in [1.165, 1.54) is 0 Å². The van der Waals surface area contributed by atoms with Crippen LogP contribution in [0.25, 0.3) is 0 Å². The second-order valence-electron chi connectivity index (χ2n) is 4.71. The second-order valence-corrected chi connectivity index (χ2v) is 5.09. The highest BCUT2D eigenvalue weighted by molar-refractivity contribution is 6.29. The van der Waals surface area contributed by atoms with Crippen molar-refractivity contribution in [3.05, 3.63) is 64.9 Å². The molecule has 0 bridgehead atoms. The lowest BCUT2D eigenvalue weighted by Gasteiger charge is -2.19. The fourth-order valence-corrected chi connectivity index (χ4v) is 2.02. The summed E-state index contributed by atoms with van der Waals surface area (Å²) >= 11 is 5.77. The van der Waals surface area contributed by atoms with Gasteiger partial charge in [-0.3, -0.25) is 5.32 Å². The van der Waals surface area contributed by atoms with Crippen LogP contribution in [0.5, 0.6) is 0 Å². The van der Waals surface area contributed by atoms with Crippen LogP contribution in [0, 0.1) is 11.5 Å². The summed E-state index contributed by atoms with van der Waals surface area (Å²) in [7, 11) is 1.86. The molecule has 2 aromatic rings. The van der Waals surface area contributed by atoms with Crippen molar-refractivity contribution in [2.45, 2.75) is 13.1 Å². The highest BCUT2D eigenvalue weighted by atomic mass is 35.5. The summed E-state index contributed by atoms with van der Waals surface area (Å²) in [5.41, 5.74) is 2.07. The van der Waals surface area contributed by atoms with Gasteiger partial charge >= 0.3 is 0 Å². The summed E-state index contributed by atoms with van der Waals surface area (Å²) in [6.45, 7) is 1.08. The monoisotopic (exact) mass is 313 g/mol. The third-order valence-electron chi connectivity index (χ3n) is 2.99. The summed E-state index contributed by atoms with van der Waals surface area (Å²) in [5.74, 6) is 0.515. The van der Waals surface area contributed by atoms with Crippen LogP contribution in [-0.4, -0.2) is 22.9 Å². The average Bonchev–Trinajstić information content (AvgIpc) is 2.54. The molecule has 1 aromatic carbocycles. The molecule has 6 heteroatoms. The van der Waals surface area contributed by atoms with E-state index in [0.29, 0.717) is 24.2 Å². The van der Waals surface area contributed by atoms with E-state index >= 15 is 0 Å². The van der Waals surface area contributed by atoms with Gasteiger partial charge in [0.1, 0.15) is 5.15 Å². The number of benzene rings is 1. The molecular formula is C16H16ClN5. The van der Waals surface area contributed by atoms with E-state index in [1.807, 2.05) is 54.5 Å². The highest BCUT2D eigenvalue weighted by Gasteiger charge is 2.07. The normalized spacial score (nSPS) is 10.9. The van der Waals surface area contributed by atoms with E-state index in [0.717, 1.165) is 11.1 Å². The first-order valence-electron chi connectivity index (χ1n) is 6.74. The Bertz CT molecular complexity index is 661. The van der Waals surface area contributed by atoms with E-state index in [1.54, 1.807) is 12.3 Å². The Morgan fingerprint density at radius 3 is 2.68 bits per heavy atom. The molecule has 0 saturated carbocycles. The summed E-state index contributed by atoms with van der Waals surface area (Å²) in [6.07, 6.45) is 3.63. The SMILES string of the molecule is CN(Cc1ccc(Cl)nc1)C(=NCc1ccccc1)NC#N. The summed E-state index contributed by atoms with van der Waals surface area (Å²) in [6, 6.07) is 13.5. The number of guanidine groups is 1. The Kier molecular flexibility index (Phi) is 5.75. The maximum atomic E-state index is 8.89. The predicted octanol–water partition coefficient (Wildman–Crippen LogP) is 2.79. The van der Waals surface area contributed by atoms with Crippen molar-refractivity contribution in [1.82, 2.24) is 15.2 Å². The molecule has 0 spiro atoms. The first-order valence-corrected chi connectivity index (χ1v) is 7.12. The van der Waals surface area contributed by atoms with Gasteiger partial charge in [-0.25, -0.2) is 9.98 Å².